The third-order valence-corrected chi connectivity index (χ3v) is 5.53. The third-order valence-electron chi connectivity index (χ3n) is 5.53. The molecule has 1 unspecified atom stereocenters. The maximum atomic E-state index is 5.47. The fourth-order valence-electron chi connectivity index (χ4n) is 4.04. The molecule has 0 amide bonds. The minimum atomic E-state index is 0. The average molecular weight is 549 g/mol. The van der Waals surface area contributed by atoms with Gasteiger partial charge in [0.2, 0.25) is 0 Å². The summed E-state index contributed by atoms with van der Waals surface area (Å²) in [5.41, 5.74) is 2.53. The molecule has 32 heavy (non-hydrogen) atoms. The van der Waals surface area contributed by atoms with Gasteiger partial charge in [0.25, 0.3) is 0 Å². The Morgan fingerprint density at radius 2 is 2.03 bits per heavy atom. The van der Waals surface area contributed by atoms with Crippen LogP contribution in [0.2, 0.25) is 0 Å². The Morgan fingerprint density at radius 1 is 1.22 bits per heavy atom. The molecule has 1 aromatic carbocycles. The summed E-state index contributed by atoms with van der Waals surface area (Å²) in [5, 5.41) is 11.5. The number of aromatic nitrogens is 3. The first-order valence-electron chi connectivity index (χ1n) is 10.8. The lowest BCUT2D eigenvalue weighted by molar-refractivity contribution is 0.287. The SMILES string of the molecule is CN=C(NCc1ccccc1CN(C)Cc1ccco1)NC1CCCn2nc(C)nc21.I. The summed E-state index contributed by atoms with van der Waals surface area (Å²) in [5.74, 6) is 3.56. The first-order chi connectivity index (χ1) is 15.1. The Kier molecular flexibility index (Phi) is 8.68. The number of furan rings is 1. The van der Waals surface area contributed by atoms with E-state index in [0.717, 1.165) is 55.8 Å². The zero-order valence-corrected chi connectivity index (χ0v) is 21.2. The van der Waals surface area contributed by atoms with Crippen LogP contribution < -0.4 is 10.6 Å². The van der Waals surface area contributed by atoms with Crippen LogP contribution in [-0.2, 0) is 26.2 Å². The number of hydrogen-bond acceptors (Lipinski definition) is 5. The van der Waals surface area contributed by atoms with E-state index < -0.39 is 0 Å². The van der Waals surface area contributed by atoms with Crippen LogP contribution in [0.15, 0.2) is 52.1 Å². The molecule has 0 saturated heterocycles. The van der Waals surface area contributed by atoms with Crippen molar-refractivity contribution in [2.24, 2.45) is 4.99 Å². The monoisotopic (exact) mass is 549 g/mol. The highest BCUT2D eigenvalue weighted by Gasteiger charge is 2.24. The molecule has 0 radical (unpaired) electrons. The zero-order chi connectivity index (χ0) is 21.6. The number of rotatable bonds is 7. The summed E-state index contributed by atoms with van der Waals surface area (Å²) in [6, 6.07) is 12.6. The average Bonchev–Trinajstić information content (AvgIpc) is 3.41. The van der Waals surface area contributed by atoms with Crippen molar-refractivity contribution in [3.05, 3.63) is 71.2 Å². The molecule has 4 rings (SSSR count). The van der Waals surface area contributed by atoms with Crippen molar-refractivity contribution in [2.45, 2.75) is 52.0 Å². The molecule has 0 aliphatic carbocycles. The van der Waals surface area contributed by atoms with Crippen molar-refractivity contribution in [3.63, 3.8) is 0 Å². The lowest BCUT2D eigenvalue weighted by atomic mass is 10.1. The Bertz CT molecular complexity index is 1020. The number of guanidine groups is 1. The number of benzene rings is 1. The molecule has 3 heterocycles. The standard InChI is InChI=1S/C23H31N7O.HI/c1-17-26-22-21(11-6-12-30(22)28-17)27-23(24-2)25-14-18-8-4-5-9-19(18)15-29(3)16-20-10-7-13-31-20;/h4-5,7-10,13,21H,6,11-12,14-16H2,1-3H3,(H2,24,25,27);1H. The minimum Gasteiger partial charge on any atom is -0.468 e. The quantitative estimate of drug-likeness (QED) is 0.266. The van der Waals surface area contributed by atoms with Crippen LogP contribution in [0.5, 0.6) is 0 Å². The Morgan fingerprint density at radius 3 is 2.78 bits per heavy atom. The highest BCUT2D eigenvalue weighted by molar-refractivity contribution is 14.0. The number of aryl methyl sites for hydroxylation is 2. The van der Waals surface area contributed by atoms with E-state index >= 15 is 0 Å². The van der Waals surface area contributed by atoms with Gasteiger partial charge in [0.05, 0.1) is 18.8 Å². The largest absolute Gasteiger partial charge is 0.468 e. The molecular weight excluding hydrogens is 517 g/mol. The fraction of sp³-hybridized carbons (Fsp3) is 0.435. The maximum Gasteiger partial charge on any atom is 0.191 e. The molecule has 0 fully saturated rings. The van der Waals surface area contributed by atoms with E-state index in [0.29, 0.717) is 6.54 Å². The van der Waals surface area contributed by atoms with Crippen molar-refractivity contribution < 1.29 is 4.42 Å². The Hall–Kier alpha value is -2.40. The number of nitrogens with one attached hydrogen (secondary N) is 2. The second-order valence-electron chi connectivity index (χ2n) is 8.03. The first kappa shape index (κ1) is 24.2. The van der Waals surface area contributed by atoms with E-state index in [4.69, 9.17) is 4.42 Å². The lowest BCUT2D eigenvalue weighted by Crippen LogP contribution is -2.41. The van der Waals surface area contributed by atoms with Crippen molar-refractivity contribution in [1.82, 2.24) is 30.3 Å². The molecular formula is C23H32IN7O. The van der Waals surface area contributed by atoms with E-state index in [2.05, 4.69) is 61.9 Å². The number of nitrogens with zero attached hydrogens (tertiary/aromatic N) is 5. The molecule has 1 aliphatic rings. The van der Waals surface area contributed by atoms with E-state index in [1.54, 1.807) is 13.3 Å². The van der Waals surface area contributed by atoms with E-state index in [9.17, 15) is 0 Å². The van der Waals surface area contributed by atoms with Crippen LogP contribution >= 0.6 is 24.0 Å². The van der Waals surface area contributed by atoms with E-state index in [-0.39, 0.29) is 30.0 Å². The molecule has 1 atom stereocenters. The van der Waals surface area contributed by atoms with Crippen molar-refractivity contribution in [1.29, 1.82) is 0 Å². The smallest absolute Gasteiger partial charge is 0.191 e. The molecule has 2 aromatic heterocycles. The minimum absolute atomic E-state index is 0. The molecule has 172 valence electrons. The fourth-order valence-corrected chi connectivity index (χ4v) is 4.04. The van der Waals surface area contributed by atoms with Crippen LogP contribution in [0.1, 0.15) is 47.4 Å². The molecule has 0 spiro atoms. The van der Waals surface area contributed by atoms with Crippen molar-refractivity contribution >= 4 is 29.9 Å². The van der Waals surface area contributed by atoms with Gasteiger partial charge in [-0.15, -0.1) is 24.0 Å². The number of fused-ring (bicyclic) bond motifs is 1. The van der Waals surface area contributed by atoms with Gasteiger partial charge in [-0.1, -0.05) is 24.3 Å². The number of aliphatic imine (C=N–C) groups is 1. The van der Waals surface area contributed by atoms with Gasteiger partial charge in [-0.25, -0.2) is 9.67 Å². The highest BCUT2D eigenvalue weighted by atomic mass is 127. The van der Waals surface area contributed by atoms with Gasteiger partial charge >= 0.3 is 0 Å². The molecule has 2 N–H and O–H groups in total. The predicted octanol–water partition coefficient (Wildman–Crippen LogP) is 3.63. The summed E-state index contributed by atoms with van der Waals surface area (Å²) in [6.45, 7) is 5.19. The molecule has 0 saturated carbocycles. The van der Waals surface area contributed by atoms with Crippen LogP contribution in [0.25, 0.3) is 0 Å². The van der Waals surface area contributed by atoms with Crippen LogP contribution in [0.4, 0.5) is 0 Å². The Labute approximate surface area is 206 Å². The lowest BCUT2D eigenvalue weighted by Gasteiger charge is -2.25. The van der Waals surface area contributed by atoms with Crippen LogP contribution in [0.3, 0.4) is 0 Å². The van der Waals surface area contributed by atoms with Gasteiger partial charge in [-0.3, -0.25) is 9.89 Å². The number of halogens is 1. The maximum absolute atomic E-state index is 5.47. The molecule has 1 aliphatic heterocycles. The number of hydrogen-bond donors (Lipinski definition) is 2. The molecule has 3 aromatic rings. The van der Waals surface area contributed by atoms with Gasteiger partial charge in [0.15, 0.2) is 5.96 Å². The zero-order valence-electron chi connectivity index (χ0n) is 18.9. The summed E-state index contributed by atoms with van der Waals surface area (Å²) in [6.07, 6.45) is 3.82. The van der Waals surface area contributed by atoms with Gasteiger partial charge in [-0.2, -0.15) is 5.10 Å². The highest BCUT2D eigenvalue weighted by Crippen LogP contribution is 2.23. The van der Waals surface area contributed by atoms with Crippen LogP contribution in [-0.4, -0.2) is 39.7 Å². The first-order valence-corrected chi connectivity index (χ1v) is 10.8. The van der Waals surface area contributed by atoms with Crippen LogP contribution in [0, 0.1) is 6.92 Å². The summed E-state index contributed by atoms with van der Waals surface area (Å²) in [7, 11) is 3.91. The third kappa shape index (κ3) is 6.10. The summed E-state index contributed by atoms with van der Waals surface area (Å²) in [4.78, 5) is 11.3. The second kappa shape index (κ2) is 11.5. The van der Waals surface area contributed by atoms with Gasteiger partial charge in [-0.05, 0) is 50.1 Å². The second-order valence-corrected chi connectivity index (χ2v) is 8.03. The van der Waals surface area contributed by atoms with Gasteiger partial charge in [0, 0.05) is 26.7 Å². The van der Waals surface area contributed by atoms with Gasteiger partial charge < -0.3 is 15.1 Å². The van der Waals surface area contributed by atoms with Gasteiger partial charge in [0.1, 0.15) is 17.4 Å². The van der Waals surface area contributed by atoms with Crippen molar-refractivity contribution in [3.8, 4) is 0 Å². The normalized spacial score (nSPS) is 15.9. The molecule has 9 heteroatoms. The predicted molar refractivity (Wildman–Crippen MR) is 136 cm³/mol. The topological polar surface area (TPSA) is 83.5 Å². The van der Waals surface area contributed by atoms with E-state index in [1.807, 2.05) is 23.7 Å². The summed E-state index contributed by atoms with van der Waals surface area (Å²) >= 11 is 0. The summed E-state index contributed by atoms with van der Waals surface area (Å²) < 4.78 is 7.48. The molecule has 0 bridgehead atoms. The Balaban J connectivity index is 0.00000289. The van der Waals surface area contributed by atoms with Crippen molar-refractivity contribution in [2.75, 3.05) is 14.1 Å². The van der Waals surface area contributed by atoms with E-state index in [1.165, 1.54) is 11.1 Å². The molecule has 8 nitrogen and oxygen atoms in total.